The number of carbonyl (C=O) groups is 2. The number of rotatable bonds is 5. The van der Waals surface area contributed by atoms with Gasteiger partial charge in [0.15, 0.2) is 5.76 Å². The van der Waals surface area contributed by atoms with E-state index in [1.165, 1.54) is 12.2 Å². The number of thiol groups is 1. The Morgan fingerprint density at radius 1 is 1.19 bits per heavy atom. The van der Waals surface area contributed by atoms with E-state index in [0.29, 0.717) is 28.1 Å². The molecule has 0 aromatic heterocycles. The normalized spacial score (nSPS) is 15.7. The smallest absolute Gasteiger partial charge is 0.262 e. The second-order valence-electron chi connectivity index (χ2n) is 6.94. The maximum atomic E-state index is 12.5. The number of aliphatic hydroxyl groups is 1. The topological polar surface area (TPSA) is 90.2 Å². The third-order valence-electron chi connectivity index (χ3n) is 4.75. The number of aliphatic hydroxyl groups excluding tert-OH is 1. The standard InChI is InChI=1S/C25H20N2O3S/c1-16-11-19(13-22(28)23(16)29)24(31)21-10-6-5-9-18(21)12-20(14-26)25(30)27-15-17-7-3-2-4-8-17/h2-10,12-13,28,31H,1,11,15H2,(H,27,30). The fourth-order valence-electron chi connectivity index (χ4n) is 3.11. The van der Waals surface area contributed by atoms with Crippen LogP contribution in [0.4, 0.5) is 0 Å². The number of nitrogens with zero attached hydrogens (tertiary/aromatic N) is 1. The lowest BCUT2D eigenvalue weighted by Gasteiger charge is -2.16. The molecule has 0 unspecified atom stereocenters. The summed E-state index contributed by atoms with van der Waals surface area (Å²) in [5.74, 6) is -1.35. The summed E-state index contributed by atoms with van der Waals surface area (Å²) in [6, 6.07) is 18.5. The van der Waals surface area contributed by atoms with Crippen molar-refractivity contribution in [1.29, 1.82) is 5.26 Å². The van der Waals surface area contributed by atoms with Gasteiger partial charge in [-0.15, -0.1) is 12.6 Å². The van der Waals surface area contributed by atoms with Crippen LogP contribution in [0.25, 0.3) is 11.0 Å². The Balaban J connectivity index is 1.91. The number of carbonyl (C=O) groups excluding carboxylic acids is 2. The first-order valence-corrected chi connectivity index (χ1v) is 9.94. The number of allylic oxidation sites excluding steroid dienone is 3. The maximum absolute atomic E-state index is 12.5. The van der Waals surface area contributed by atoms with Crippen molar-refractivity contribution in [2.24, 2.45) is 0 Å². The summed E-state index contributed by atoms with van der Waals surface area (Å²) in [5, 5.41) is 22.1. The van der Waals surface area contributed by atoms with Crippen molar-refractivity contribution in [3.05, 3.63) is 106 Å². The van der Waals surface area contributed by atoms with Crippen molar-refractivity contribution in [1.82, 2.24) is 5.32 Å². The molecule has 3 rings (SSSR count). The monoisotopic (exact) mass is 428 g/mol. The van der Waals surface area contributed by atoms with Gasteiger partial charge in [0.1, 0.15) is 11.6 Å². The van der Waals surface area contributed by atoms with Crippen LogP contribution >= 0.6 is 12.6 Å². The van der Waals surface area contributed by atoms with Crippen molar-refractivity contribution in [3.8, 4) is 6.07 Å². The van der Waals surface area contributed by atoms with E-state index < -0.39 is 11.7 Å². The molecular weight excluding hydrogens is 408 g/mol. The summed E-state index contributed by atoms with van der Waals surface area (Å²) in [4.78, 5) is 24.8. The van der Waals surface area contributed by atoms with Gasteiger partial charge in [-0.3, -0.25) is 9.59 Å². The number of hydrogen-bond donors (Lipinski definition) is 3. The van der Waals surface area contributed by atoms with E-state index in [2.05, 4.69) is 24.5 Å². The van der Waals surface area contributed by atoms with E-state index in [-0.39, 0.29) is 23.3 Å². The zero-order valence-corrected chi connectivity index (χ0v) is 17.5. The molecular formula is C25H20N2O3S. The fraction of sp³-hybridized carbons (Fsp3) is 0.0800. The van der Waals surface area contributed by atoms with Crippen LogP contribution in [-0.2, 0) is 16.1 Å². The average molecular weight is 429 g/mol. The van der Waals surface area contributed by atoms with Gasteiger partial charge in [-0.1, -0.05) is 61.2 Å². The van der Waals surface area contributed by atoms with Crippen molar-refractivity contribution in [3.63, 3.8) is 0 Å². The highest BCUT2D eigenvalue weighted by Gasteiger charge is 2.22. The lowest BCUT2D eigenvalue weighted by atomic mass is 9.92. The number of benzene rings is 2. The number of nitrogens with one attached hydrogen (secondary N) is 1. The molecule has 31 heavy (non-hydrogen) atoms. The zero-order chi connectivity index (χ0) is 22.4. The van der Waals surface area contributed by atoms with Crippen LogP contribution in [0.1, 0.15) is 23.1 Å². The summed E-state index contributed by atoms with van der Waals surface area (Å²) in [5.41, 5.74) is 3.05. The molecule has 0 spiro atoms. The van der Waals surface area contributed by atoms with Crippen molar-refractivity contribution in [2.45, 2.75) is 13.0 Å². The Kier molecular flexibility index (Phi) is 6.91. The molecule has 2 N–H and O–H groups in total. The van der Waals surface area contributed by atoms with Gasteiger partial charge in [0.05, 0.1) is 0 Å². The molecule has 0 heterocycles. The second-order valence-corrected chi connectivity index (χ2v) is 7.39. The SMILES string of the molecule is C=C1CC(=C(S)c2ccccc2C=C(C#N)C(=O)NCc2ccccc2)C=C(O)C1=O. The molecule has 0 fully saturated rings. The van der Waals surface area contributed by atoms with Gasteiger partial charge in [0.2, 0.25) is 5.78 Å². The Morgan fingerprint density at radius 2 is 1.87 bits per heavy atom. The number of nitriles is 1. The minimum absolute atomic E-state index is 0.0452. The van der Waals surface area contributed by atoms with E-state index in [1.54, 1.807) is 24.3 Å². The zero-order valence-electron chi connectivity index (χ0n) is 16.6. The molecule has 1 aliphatic carbocycles. The number of ketones is 1. The fourth-order valence-corrected chi connectivity index (χ4v) is 3.46. The molecule has 1 aliphatic rings. The molecule has 0 saturated carbocycles. The summed E-state index contributed by atoms with van der Waals surface area (Å²) >= 11 is 4.59. The molecule has 6 heteroatoms. The van der Waals surface area contributed by atoms with E-state index >= 15 is 0 Å². The minimum atomic E-state index is -0.486. The highest BCUT2D eigenvalue weighted by atomic mass is 32.1. The van der Waals surface area contributed by atoms with E-state index in [9.17, 15) is 20.0 Å². The highest BCUT2D eigenvalue weighted by Crippen LogP contribution is 2.33. The predicted molar refractivity (Wildman–Crippen MR) is 124 cm³/mol. The van der Waals surface area contributed by atoms with Crippen molar-refractivity contribution in [2.75, 3.05) is 0 Å². The molecule has 0 bridgehead atoms. The van der Waals surface area contributed by atoms with Gasteiger partial charge in [-0.2, -0.15) is 5.26 Å². The summed E-state index contributed by atoms with van der Waals surface area (Å²) in [6.45, 7) is 4.01. The molecule has 5 nitrogen and oxygen atoms in total. The molecule has 0 aliphatic heterocycles. The Bertz CT molecular complexity index is 1180. The Morgan fingerprint density at radius 3 is 2.55 bits per heavy atom. The first kappa shape index (κ1) is 21.9. The molecule has 2 aromatic carbocycles. The number of Topliss-reactive ketones (excluding diaryl/α,β-unsaturated/α-hetero) is 1. The second kappa shape index (κ2) is 9.79. The van der Waals surface area contributed by atoms with E-state index in [4.69, 9.17) is 0 Å². The predicted octanol–water partition coefficient (Wildman–Crippen LogP) is 4.52. The highest BCUT2D eigenvalue weighted by molar-refractivity contribution is 7.90. The summed E-state index contributed by atoms with van der Waals surface area (Å²) in [7, 11) is 0. The van der Waals surface area contributed by atoms with Gasteiger partial charge >= 0.3 is 0 Å². The van der Waals surface area contributed by atoms with Gasteiger partial charge in [0, 0.05) is 23.4 Å². The number of hydrogen-bond acceptors (Lipinski definition) is 5. The summed E-state index contributed by atoms with van der Waals surface area (Å²) < 4.78 is 0. The maximum Gasteiger partial charge on any atom is 0.262 e. The van der Waals surface area contributed by atoms with Crippen molar-refractivity contribution < 1.29 is 14.7 Å². The first-order valence-electron chi connectivity index (χ1n) is 9.49. The minimum Gasteiger partial charge on any atom is -0.504 e. The Hall–Kier alpha value is -3.82. The lowest BCUT2D eigenvalue weighted by Crippen LogP contribution is -2.23. The van der Waals surface area contributed by atoms with E-state index in [1.807, 2.05) is 36.4 Å². The molecule has 0 radical (unpaired) electrons. The lowest BCUT2D eigenvalue weighted by molar-refractivity contribution is -0.117. The molecule has 0 saturated heterocycles. The van der Waals surface area contributed by atoms with Crippen LogP contribution in [0.3, 0.4) is 0 Å². The molecule has 2 aromatic rings. The Labute approximate surface area is 186 Å². The summed E-state index contributed by atoms with van der Waals surface area (Å²) in [6.07, 6.45) is 3.12. The van der Waals surface area contributed by atoms with Crippen LogP contribution in [0.15, 0.2) is 89.7 Å². The quantitative estimate of drug-likeness (QED) is 0.371. The largest absolute Gasteiger partial charge is 0.504 e. The molecule has 0 atom stereocenters. The molecule has 154 valence electrons. The number of amides is 1. The third kappa shape index (κ3) is 5.21. The first-order chi connectivity index (χ1) is 14.9. The van der Waals surface area contributed by atoms with Gasteiger partial charge in [-0.25, -0.2) is 0 Å². The van der Waals surface area contributed by atoms with Crippen molar-refractivity contribution >= 4 is 35.3 Å². The van der Waals surface area contributed by atoms with Crippen LogP contribution in [-0.4, -0.2) is 16.8 Å². The van der Waals surface area contributed by atoms with Gasteiger partial charge in [-0.05, 0) is 34.4 Å². The average Bonchev–Trinajstić information content (AvgIpc) is 2.79. The van der Waals surface area contributed by atoms with Crippen LogP contribution in [0.2, 0.25) is 0 Å². The van der Waals surface area contributed by atoms with Crippen LogP contribution in [0, 0.1) is 11.3 Å². The van der Waals surface area contributed by atoms with Gasteiger partial charge in [0.25, 0.3) is 5.91 Å². The molecule has 1 amide bonds. The van der Waals surface area contributed by atoms with Crippen LogP contribution < -0.4 is 5.32 Å². The third-order valence-corrected chi connectivity index (χ3v) is 5.28. The van der Waals surface area contributed by atoms with Gasteiger partial charge < -0.3 is 10.4 Å². The van der Waals surface area contributed by atoms with Crippen LogP contribution in [0.5, 0.6) is 0 Å². The van der Waals surface area contributed by atoms with E-state index in [0.717, 1.165) is 5.56 Å².